The van der Waals surface area contributed by atoms with Crippen LogP contribution in [0.15, 0.2) is 24.5 Å². The van der Waals surface area contributed by atoms with E-state index < -0.39 is 0 Å². The van der Waals surface area contributed by atoms with E-state index in [-0.39, 0.29) is 29.9 Å². The van der Waals surface area contributed by atoms with E-state index in [1.54, 1.807) is 7.05 Å². The number of nitrogens with one attached hydrogen (secondary N) is 2. The van der Waals surface area contributed by atoms with Gasteiger partial charge in [-0.3, -0.25) is 0 Å². The van der Waals surface area contributed by atoms with Crippen molar-refractivity contribution in [2.24, 2.45) is 11.7 Å². The van der Waals surface area contributed by atoms with Gasteiger partial charge in [-0.25, -0.2) is 14.4 Å². The Hall–Kier alpha value is -3.73. The van der Waals surface area contributed by atoms with Crippen LogP contribution >= 0.6 is 0 Å². The smallest absolute Gasteiger partial charge is 0.326 e. The predicted octanol–water partition coefficient (Wildman–Crippen LogP) is 2.38. The van der Waals surface area contributed by atoms with Crippen LogP contribution in [0.5, 0.6) is 11.8 Å². The quantitative estimate of drug-likeness (QED) is 0.380. The largest absolute Gasteiger partial charge is 0.421 e. The topological polar surface area (TPSA) is 144 Å². The molecule has 1 aliphatic heterocycles. The second kappa shape index (κ2) is 6.89. The van der Waals surface area contributed by atoms with Gasteiger partial charge in [0.05, 0.1) is 29.0 Å². The Balaban J connectivity index is 1.55. The highest BCUT2D eigenvalue weighted by molar-refractivity contribution is 6.14. The summed E-state index contributed by atoms with van der Waals surface area (Å²) in [6.45, 7) is 0.795. The molecule has 6 rings (SSSR count). The summed E-state index contributed by atoms with van der Waals surface area (Å²) in [5.74, 6) is 1.30. The van der Waals surface area contributed by atoms with Gasteiger partial charge in [0.25, 0.3) is 0 Å². The normalized spacial score (nSPS) is 22.2. The third kappa shape index (κ3) is 2.88. The molecule has 0 unspecified atom stereocenters. The summed E-state index contributed by atoms with van der Waals surface area (Å²) in [6.07, 6.45) is 4.85. The number of nitrogen functional groups attached to an aromatic ring is 1. The summed E-state index contributed by atoms with van der Waals surface area (Å²) < 4.78 is 20.3. The fourth-order valence-electron chi connectivity index (χ4n) is 5.01. The van der Waals surface area contributed by atoms with E-state index in [1.165, 1.54) is 24.5 Å². The highest BCUT2D eigenvalue weighted by atomic mass is 19.1. The van der Waals surface area contributed by atoms with Crippen molar-refractivity contribution in [3.05, 3.63) is 30.3 Å². The lowest BCUT2D eigenvalue weighted by Crippen LogP contribution is -2.41. The van der Waals surface area contributed by atoms with Crippen molar-refractivity contribution in [1.82, 2.24) is 24.9 Å². The van der Waals surface area contributed by atoms with Crippen molar-refractivity contribution >= 4 is 39.4 Å². The zero-order valence-electron chi connectivity index (χ0n) is 17.3. The number of nitrogens with zero attached hydrogens (tertiary/aromatic N) is 5. The zero-order valence-corrected chi connectivity index (χ0v) is 17.3. The van der Waals surface area contributed by atoms with Gasteiger partial charge in [0.1, 0.15) is 17.3 Å². The van der Waals surface area contributed by atoms with E-state index >= 15 is 0 Å². The lowest BCUT2D eigenvalue weighted by molar-refractivity contribution is 0.436. The zero-order chi connectivity index (χ0) is 22.0. The van der Waals surface area contributed by atoms with Crippen LogP contribution in [-0.4, -0.2) is 50.6 Å². The molecule has 32 heavy (non-hydrogen) atoms. The van der Waals surface area contributed by atoms with E-state index in [0.717, 1.165) is 30.3 Å². The minimum atomic E-state index is -0.335. The highest BCUT2D eigenvalue weighted by Gasteiger charge is 2.44. The van der Waals surface area contributed by atoms with Crippen LogP contribution in [0.3, 0.4) is 0 Å². The number of benzene rings is 1. The van der Waals surface area contributed by atoms with E-state index in [1.807, 2.05) is 0 Å². The van der Waals surface area contributed by atoms with Crippen molar-refractivity contribution < 1.29 is 9.13 Å². The molecule has 3 atom stereocenters. The van der Waals surface area contributed by atoms with Crippen LogP contribution < -0.4 is 26.4 Å². The first-order valence-electron chi connectivity index (χ1n) is 10.5. The number of fused-ring (bicyclic) bond motifs is 5. The number of hydrogen-bond acceptors (Lipinski definition) is 9. The van der Waals surface area contributed by atoms with Gasteiger partial charge in [0.2, 0.25) is 5.95 Å². The van der Waals surface area contributed by atoms with Crippen LogP contribution in [0.25, 0.3) is 21.9 Å². The van der Waals surface area contributed by atoms with Gasteiger partial charge < -0.3 is 31.4 Å². The standard InChI is InChI=1S/C21H22FN9O/c1-25-15-4-10(22)3-13-16-18(28-17(13)15)29-21(32-12-6-26-20(24)27-7-12)30-19(16)31-8-9-2-11(31)5-14(9)23/h3-4,6-7,9,11,14,25H,2,5,8,23H2,1H3,(H2,24,26,27)(H,28,29,30)/t9-,11-,14-/m1/s1. The molecular weight excluding hydrogens is 413 g/mol. The lowest BCUT2D eigenvalue weighted by Gasteiger charge is -2.31. The monoisotopic (exact) mass is 435 g/mol. The van der Waals surface area contributed by atoms with Crippen molar-refractivity contribution in [3.63, 3.8) is 0 Å². The third-order valence-corrected chi connectivity index (χ3v) is 6.48. The Labute approximate surface area is 182 Å². The minimum Gasteiger partial charge on any atom is -0.421 e. The molecule has 10 nitrogen and oxygen atoms in total. The number of aromatic amines is 1. The Bertz CT molecular complexity index is 1340. The van der Waals surface area contributed by atoms with E-state index in [0.29, 0.717) is 34.2 Å². The Kier molecular flexibility index (Phi) is 4.09. The van der Waals surface area contributed by atoms with E-state index in [4.69, 9.17) is 21.2 Å². The molecule has 11 heteroatoms. The second-order valence-electron chi connectivity index (χ2n) is 8.38. The molecule has 4 heterocycles. The molecule has 1 aromatic carbocycles. The first-order valence-corrected chi connectivity index (χ1v) is 10.5. The molecule has 0 radical (unpaired) electrons. The number of rotatable bonds is 4. The van der Waals surface area contributed by atoms with E-state index in [2.05, 4.69) is 30.2 Å². The Morgan fingerprint density at radius 2 is 2.03 bits per heavy atom. The number of aromatic nitrogens is 5. The molecule has 1 saturated heterocycles. The maximum atomic E-state index is 14.4. The molecular formula is C21H22FN9O. The average Bonchev–Trinajstić information content (AvgIpc) is 3.46. The van der Waals surface area contributed by atoms with Gasteiger partial charge in [-0.1, -0.05) is 0 Å². The number of ether oxygens (including phenoxy) is 1. The molecule has 0 amide bonds. The lowest BCUT2D eigenvalue weighted by atomic mass is 10.0. The van der Waals surface area contributed by atoms with Gasteiger partial charge in [-0.2, -0.15) is 9.97 Å². The number of halogens is 1. The van der Waals surface area contributed by atoms with Crippen LogP contribution in [0, 0.1) is 11.7 Å². The molecule has 1 aliphatic carbocycles. The SMILES string of the molecule is CNc1cc(F)cc2c1[nH]c1nc(Oc3cnc(N)nc3)nc(N3C[C@H]4C[C@@H]3C[C@H]4N)c12. The van der Waals surface area contributed by atoms with Crippen LogP contribution in [0.2, 0.25) is 0 Å². The molecule has 3 aromatic heterocycles. The van der Waals surface area contributed by atoms with E-state index in [9.17, 15) is 4.39 Å². The van der Waals surface area contributed by atoms with Crippen molar-refractivity contribution in [3.8, 4) is 11.8 Å². The highest BCUT2D eigenvalue weighted by Crippen LogP contribution is 2.44. The third-order valence-electron chi connectivity index (χ3n) is 6.48. The first kappa shape index (κ1) is 19.0. The Morgan fingerprint density at radius 3 is 2.72 bits per heavy atom. The summed E-state index contributed by atoms with van der Waals surface area (Å²) in [7, 11) is 1.75. The first-order chi connectivity index (χ1) is 15.5. The number of anilines is 3. The molecule has 6 N–H and O–H groups in total. The Morgan fingerprint density at radius 1 is 1.22 bits per heavy atom. The van der Waals surface area contributed by atoms with Crippen LogP contribution in [0.1, 0.15) is 12.8 Å². The van der Waals surface area contributed by atoms with Gasteiger partial charge in [-0.15, -0.1) is 0 Å². The number of H-pyrrole nitrogens is 1. The average molecular weight is 435 g/mol. The second-order valence-corrected chi connectivity index (χ2v) is 8.38. The number of piperidine rings is 1. The number of nitrogens with two attached hydrogens (primary N) is 2. The van der Waals surface area contributed by atoms with Gasteiger partial charge in [-0.05, 0) is 30.9 Å². The number of hydrogen-bond donors (Lipinski definition) is 4. The molecule has 2 fully saturated rings. The fourth-order valence-corrected chi connectivity index (χ4v) is 5.01. The molecule has 2 aliphatic rings. The van der Waals surface area contributed by atoms with Crippen molar-refractivity contribution in [2.75, 3.05) is 29.5 Å². The molecule has 4 aromatic rings. The van der Waals surface area contributed by atoms with Crippen molar-refractivity contribution in [2.45, 2.75) is 24.9 Å². The maximum Gasteiger partial charge on any atom is 0.326 e. The fraction of sp³-hybridized carbons (Fsp3) is 0.333. The molecule has 164 valence electrons. The predicted molar refractivity (Wildman–Crippen MR) is 119 cm³/mol. The summed E-state index contributed by atoms with van der Waals surface area (Å²) in [5.41, 5.74) is 13.8. The molecule has 2 bridgehead atoms. The van der Waals surface area contributed by atoms with Gasteiger partial charge >= 0.3 is 6.01 Å². The van der Waals surface area contributed by atoms with Gasteiger partial charge in [0.15, 0.2) is 5.75 Å². The maximum absolute atomic E-state index is 14.4. The summed E-state index contributed by atoms with van der Waals surface area (Å²) in [5, 5.41) is 4.52. The minimum absolute atomic E-state index is 0.144. The van der Waals surface area contributed by atoms with Crippen molar-refractivity contribution in [1.29, 1.82) is 0 Å². The summed E-state index contributed by atoms with van der Waals surface area (Å²) in [6, 6.07) is 3.59. The van der Waals surface area contributed by atoms with Gasteiger partial charge in [0, 0.05) is 31.1 Å². The van der Waals surface area contributed by atoms with Crippen LogP contribution in [0.4, 0.5) is 21.8 Å². The summed E-state index contributed by atoms with van der Waals surface area (Å²) in [4.78, 5) is 22.8. The summed E-state index contributed by atoms with van der Waals surface area (Å²) >= 11 is 0. The molecule has 1 saturated carbocycles. The van der Waals surface area contributed by atoms with Crippen LogP contribution in [-0.2, 0) is 0 Å². The molecule has 0 spiro atoms.